The van der Waals surface area contributed by atoms with E-state index in [0.29, 0.717) is 5.69 Å². The lowest BCUT2D eigenvalue weighted by molar-refractivity contribution is 0.0937. The molecule has 0 fully saturated rings. The van der Waals surface area contributed by atoms with Gasteiger partial charge in [0, 0.05) is 5.69 Å². The van der Waals surface area contributed by atoms with Gasteiger partial charge < -0.3 is 16.2 Å². The summed E-state index contributed by atoms with van der Waals surface area (Å²) in [6, 6.07) is 10.0. The van der Waals surface area contributed by atoms with E-state index in [0.717, 1.165) is 23.8 Å². The molecule has 5 heteroatoms. The van der Waals surface area contributed by atoms with Gasteiger partial charge in [-0.25, -0.2) is 4.39 Å². The van der Waals surface area contributed by atoms with E-state index in [-0.39, 0.29) is 17.4 Å². The molecule has 0 aliphatic carbocycles. The van der Waals surface area contributed by atoms with Crippen LogP contribution in [0, 0.1) is 5.82 Å². The van der Waals surface area contributed by atoms with Gasteiger partial charge in [-0.3, -0.25) is 4.79 Å². The number of benzene rings is 2. The predicted octanol–water partition coefficient (Wildman–Crippen LogP) is 2.60. The fraction of sp³-hybridized carbons (Fsp3) is 0.133. The zero-order valence-electron chi connectivity index (χ0n) is 10.9. The number of hydrogen-bond acceptors (Lipinski definition) is 3. The van der Waals surface area contributed by atoms with E-state index in [1.54, 1.807) is 25.1 Å². The Kier molecular flexibility index (Phi) is 3.89. The number of halogens is 1. The number of aromatic hydroxyl groups is 1. The molecule has 104 valence electrons. The van der Waals surface area contributed by atoms with Gasteiger partial charge in [0.2, 0.25) is 0 Å². The molecule has 0 aliphatic rings. The molecule has 4 N–H and O–H groups in total. The van der Waals surface area contributed by atoms with Crippen LogP contribution < -0.4 is 11.1 Å². The SMILES string of the molecule is CC(NC(=O)c1cc(F)ccc1O)c1ccccc1N. The number of hydrogen-bond donors (Lipinski definition) is 3. The van der Waals surface area contributed by atoms with Gasteiger partial charge in [-0.05, 0) is 36.8 Å². The first-order valence-electron chi connectivity index (χ1n) is 6.13. The maximum absolute atomic E-state index is 13.1. The van der Waals surface area contributed by atoms with Crippen LogP contribution in [0.1, 0.15) is 28.9 Å². The molecule has 0 spiro atoms. The van der Waals surface area contributed by atoms with Crippen LogP contribution in [0.2, 0.25) is 0 Å². The number of carbonyl (C=O) groups is 1. The summed E-state index contributed by atoms with van der Waals surface area (Å²) in [6.45, 7) is 1.76. The second-order valence-corrected chi connectivity index (χ2v) is 4.49. The highest BCUT2D eigenvalue weighted by atomic mass is 19.1. The number of nitrogens with one attached hydrogen (secondary N) is 1. The summed E-state index contributed by atoms with van der Waals surface area (Å²) in [7, 11) is 0. The molecule has 0 aromatic heterocycles. The zero-order valence-corrected chi connectivity index (χ0v) is 10.9. The van der Waals surface area contributed by atoms with Gasteiger partial charge in [0.15, 0.2) is 0 Å². The number of rotatable bonds is 3. The molecule has 4 nitrogen and oxygen atoms in total. The highest BCUT2D eigenvalue weighted by molar-refractivity contribution is 5.97. The van der Waals surface area contributed by atoms with E-state index in [2.05, 4.69) is 5.32 Å². The number of anilines is 1. The summed E-state index contributed by atoms with van der Waals surface area (Å²) in [6.07, 6.45) is 0. The minimum Gasteiger partial charge on any atom is -0.507 e. The third-order valence-electron chi connectivity index (χ3n) is 3.01. The summed E-state index contributed by atoms with van der Waals surface area (Å²) < 4.78 is 13.1. The van der Waals surface area contributed by atoms with E-state index < -0.39 is 11.7 Å². The van der Waals surface area contributed by atoms with Crippen molar-refractivity contribution >= 4 is 11.6 Å². The predicted molar refractivity (Wildman–Crippen MR) is 74.8 cm³/mol. The van der Waals surface area contributed by atoms with Gasteiger partial charge >= 0.3 is 0 Å². The maximum Gasteiger partial charge on any atom is 0.255 e. The molecule has 0 radical (unpaired) electrons. The normalized spacial score (nSPS) is 11.9. The van der Waals surface area contributed by atoms with Crippen LogP contribution in [0.25, 0.3) is 0 Å². The van der Waals surface area contributed by atoms with E-state index in [1.165, 1.54) is 0 Å². The average molecular weight is 274 g/mol. The van der Waals surface area contributed by atoms with Crippen LogP contribution in [-0.4, -0.2) is 11.0 Å². The van der Waals surface area contributed by atoms with Crippen molar-refractivity contribution < 1.29 is 14.3 Å². The molecule has 0 saturated heterocycles. The summed E-state index contributed by atoms with van der Waals surface area (Å²) in [5.41, 5.74) is 7.04. The largest absolute Gasteiger partial charge is 0.507 e. The number of nitrogens with two attached hydrogens (primary N) is 1. The molecule has 2 aromatic carbocycles. The first-order valence-corrected chi connectivity index (χ1v) is 6.13. The standard InChI is InChI=1S/C15H15FN2O2/c1-9(11-4-2-3-5-13(11)17)18-15(20)12-8-10(16)6-7-14(12)19/h2-9,19H,17H2,1H3,(H,18,20). The lowest BCUT2D eigenvalue weighted by Gasteiger charge is -2.16. The summed E-state index contributed by atoms with van der Waals surface area (Å²) in [4.78, 5) is 12.0. The molecular formula is C15H15FN2O2. The molecular weight excluding hydrogens is 259 g/mol. The Balaban J connectivity index is 2.20. The Morgan fingerprint density at radius 3 is 2.70 bits per heavy atom. The van der Waals surface area contributed by atoms with Gasteiger partial charge in [0.25, 0.3) is 5.91 Å². The Morgan fingerprint density at radius 1 is 1.30 bits per heavy atom. The quantitative estimate of drug-likeness (QED) is 0.753. The highest BCUT2D eigenvalue weighted by Gasteiger charge is 2.16. The van der Waals surface area contributed by atoms with Crippen LogP contribution in [-0.2, 0) is 0 Å². The Hall–Kier alpha value is -2.56. The van der Waals surface area contributed by atoms with E-state index in [9.17, 15) is 14.3 Å². The maximum atomic E-state index is 13.1. The van der Waals surface area contributed by atoms with Crippen molar-refractivity contribution in [3.63, 3.8) is 0 Å². The zero-order chi connectivity index (χ0) is 14.7. The van der Waals surface area contributed by atoms with E-state index >= 15 is 0 Å². The minimum absolute atomic E-state index is 0.105. The van der Waals surface area contributed by atoms with Crippen molar-refractivity contribution in [2.45, 2.75) is 13.0 Å². The average Bonchev–Trinajstić information content (AvgIpc) is 2.41. The van der Waals surface area contributed by atoms with Crippen molar-refractivity contribution in [3.8, 4) is 5.75 Å². The number of nitrogen functional groups attached to an aromatic ring is 1. The Morgan fingerprint density at radius 2 is 2.00 bits per heavy atom. The Labute approximate surface area is 116 Å². The number of phenols is 1. The fourth-order valence-electron chi connectivity index (χ4n) is 1.95. The Bertz CT molecular complexity index is 644. The van der Waals surface area contributed by atoms with E-state index in [1.807, 2.05) is 6.07 Å². The molecule has 20 heavy (non-hydrogen) atoms. The monoisotopic (exact) mass is 274 g/mol. The molecule has 0 bridgehead atoms. The molecule has 0 saturated carbocycles. The first kappa shape index (κ1) is 13.9. The van der Waals surface area contributed by atoms with Gasteiger partial charge in [-0.2, -0.15) is 0 Å². The lowest BCUT2D eigenvalue weighted by Crippen LogP contribution is -2.27. The number of amides is 1. The first-order chi connectivity index (χ1) is 9.49. The van der Waals surface area contributed by atoms with Gasteiger partial charge in [0.1, 0.15) is 11.6 Å². The third kappa shape index (κ3) is 2.88. The lowest BCUT2D eigenvalue weighted by atomic mass is 10.1. The second kappa shape index (κ2) is 5.61. The summed E-state index contributed by atoms with van der Waals surface area (Å²) in [5.74, 6) is -1.41. The van der Waals surface area contributed by atoms with Crippen LogP contribution >= 0.6 is 0 Å². The third-order valence-corrected chi connectivity index (χ3v) is 3.01. The molecule has 2 rings (SSSR count). The van der Waals surface area contributed by atoms with Crippen molar-refractivity contribution in [2.75, 3.05) is 5.73 Å². The van der Waals surface area contributed by atoms with Gasteiger partial charge in [0.05, 0.1) is 11.6 Å². The molecule has 1 amide bonds. The minimum atomic E-state index is -0.583. The molecule has 0 aliphatic heterocycles. The number of phenolic OH excluding ortho intramolecular Hbond substituents is 1. The molecule has 2 aromatic rings. The van der Waals surface area contributed by atoms with Crippen molar-refractivity contribution in [3.05, 3.63) is 59.4 Å². The fourth-order valence-corrected chi connectivity index (χ4v) is 1.95. The second-order valence-electron chi connectivity index (χ2n) is 4.49. The summed E-state index contributed by atoms with van der Waals surface area (Å²) >= 11 is 0. The number of para-hydroxylation sites is 1. The van der Waals surface area contributed by atoms with Crippen molar-refractivity contribution in [2.24, 2.45) is 0 Å². The topological polar surface area (TPSA) is 75.3 Å². The molecule has 1 unspecified atom stereocenters. The molecule has 0 heterocycles. The van der Waals surface area contributed by atoms with Crippen molar-refractivity contribution in [1.82, 2.24) is 5.32 Å². The van der Waals surface area contributed by atoms with Crippen LogP contribution in [0.3, 0.4) is 0 Å². The van der Waals surface area contributed by atoms with Crippen molar-refractivity contribution in [1.29, 1.82) is 0 Å². The van der Waals surface area contributed by atoms with Crippen LogP contribution in [0.4, 0.5) is 10.1 Å². The van der Waals surface area contributed by atoms with Crippen LogP contribution in [0.15, 0.2) is 42.5 Å². The molecule has 1 atom stereocenters. The smallest absolute Gasteiger partial charge is 0.255 e. The van der Waals surface area contributed by atoms with Gasteiger partial charge in [-0.1, -0.05) is 18.2 Å². The highest BCUT2D eigenvalue weighted by Crippen LogP contribution is 2.22. The van der Waals surface area contributed by atoms with E-state index in [4.69, 9.17) is 5.73 Å². The van der Waals surface area contributed by atoms with Crippen LogP contribution in [0.5, 0.6) is 5.75 Å². The summed E-state index contributed by atoms with van der Waals surface area (Å²) in [5, 5.41) is 12.3. The number of carbonyl (C=O) groups excluding carboxylic acids is 1. The van der Waals surface area contributed by atoms with Gasteiger partial charge in [-0.15, -0.1) is 0 Å².